The van der Waals surface area contributed by atoms with Crippen LogP contribution in [0.1, 0.15) is 27.1 Å². The number of rotatable bonds is 5. The number of nitrogens with one attached hydrogen (secondary N) is 1. The topological polar surface area (TPSA) is 91.6 Å². The van der Waals surface area contributed by atoms with Crippen molar-refractivity contribution < 1.29 is 4.79 Å². The predicted octanol–water partition coefficient (Wildman–Crippen LogP) is 2.00. The Labute approximate surface area is 183 Å². The van der Waals surface area contributed by atoms with E-state index < -0.39 is 0 Å². The average Bonchev–Trinajstić information content (AvgIpc) is 3.48. The number of anilines is 1. The number of carbonyl (C=O) groups is 1. The number of hydrogen-bond donors (Lipinski definition) is 1. The molecule has 1 N–H and O–H groups in total. The Morgan fingerprint density at radius 2 is 2.03 bits per heavy atom. The van der Waals surface area contributed by atoms with Gasteiger partial charge < -0.3 is 10.2 Å². The van der Waals surface area contributed by atoms with Crippen LogP contribution in [0, 0.1) is 0 Å². The third-order valence-electron chi connectivity index (χ3n) is 5.48. The molecule has 10 heteroatoms. The number of thiophene rings is 1. The van der Waals surface area contributed by atoms with E-state index in [1.54, 1.807) is 29.8 Å². The highest BCUT2D eigenvalue weighted by Gasteiger charge is 2.30. The molecular formula is C21H22N8OS. The van der Waals surface area contributed by atoms with E-state index in [4.69, 9.17) is 0 Å². The fourth-order valence-corrected chi connectivity index (χ4v) is 4.39. The largest absolute Gasteiger partial charge is 0.347 e. The molecular weight excluding hydrogens is 412 g/mol. The fraction of sp³-hybridized carbons (Fsp3) is 0.286. The van der Waals surface area contributed by atoms with Crippen molar-refractivity contribution in [2.24, 2.45) is 0 Å². The molecule has 158 valence electrons. The first kappa shape index (κ1) is 19.6. The van der Waals surface area contributed by atoms with E-state index >= 15 is 0 Å². The van der Waals surface area contributed by atoms with E-state index in [0.717, 1.165) is 23.8 Å². The zero-order chi connectivity index (χ0) is 21.2. The van der Waals surface area contributed by atoms with Gasteiger partial charge in [0, 0.05) is 43.1 Å². The zero-order valence-electron chi connectivity index (χ0n) is 17.0. The van der Waals surface area contributed by atoms with Gasteiger partial charge in [0.05, 0.1) is 18.2 Å². The molecule has 31 heavy (non-hydrogen) atoms. The Kier molecular flexibility index (Phi) is 5.31. The van der Waals surface area contributed by atoms with Crippen molar-refractivity contribution in [2.45, 2.75) is 12.6 Å². The lowest BCUT2D eigenvalue weighted by Crippen LogP contribution is -2.47. The lowest BCUT2D eigenvalue weighted by Gasteiger charge is -2.38. The third-order valence-corrected chi connectivity index (χ3v) is 6.35. The van der Waals surface area contributed by atoms with Crippen LogP contribution in [-0.4, -0.2) is 62.1 Å². The van der Waals surface area contributed by atoms with Crippen LogP contribution in [0.3, 0.4) is 0 Å². The normalized spacial score (nSPS) is 17.2. The summed E-state index contributed by atoms with van der Waals surface area (Å²) in [6.45, 7) is 2.89. The Balaban J connectivity index is 1.40. The summed E-state index contributed by atoms with van der Waals surface area (Å²) in [6.07, 6.45) is 5.33. The average molecular weight is 435 g/mol. The Morgan fingerprint density at radius 3 is 2.84 bits per heavy atom. The van der Waals surface area contributed by atoms with Gasteiger partial charge in [-0.25, -0.2) is 9.97 Å². The van der Waals surface area contributed by atoms with Crippen molar-refractivity contribution in [1.29, 1.82) is 0 Å². The van der Waals surface area contributed by atoms with Crippen LogP contribution < -0.4 is 10.2 Å². The predicted molar refractivity (Wildman–Crippen MR) is 118 cm³/mol. The molecule has 0 saturated carbocycles. The third kappa shape index (κ3) is 3.99. The minimum atomic E-state index is -0.119. The van der Waals surface area contributed by atoms with Crippen molar-refractivity contribution in [3.05, 3.63) is 70.6 Å². The molecule has 1 atom stereocenters. The van der Waals surface area contributed by atoms with E-state index in [2.05, 4.69) is 42.3 Å². The first-order valence-electron chi connectivity index (χ1n) is 10.1. The minimum absolute atomic E-state index is 0.00279. The van der Waals surface area contributed by atoms with Gasteiger partial charge in [-0.05, 0) is 36.7 Å². The molecule has 0 spiro atoms. The van der Waals surface area contributed by atoms with Gasteiger partial charge in [0.1, 0.15) is 0 Å². The number of carbonyl (C=O) groups excluding carboxylic acids is 1. The quantitative estimate of drug-likeness (QED) is 0.514. The standard InChI is InChI=1S/C21H22N8OS/c1-27-9-10-28(21-22-7-3-8-23-21)14-17(27)19-26-25-18-6-5-15(13-29(18)19)20(30)24-12-16-4-2-11-31-16/h2-8,11,13,17H,9-10,12,14H2,1H3,(H,24,30)/t17-/m1/s1. The summed E-state index contributed by atoms with van der Waals surface area (Å²) in [5, 5.41) is 13.8. The van der Waals surface area contributed by atoms with Crippen molar-refractivity contribution in [3.8, 4) is 0 Å². The number of amides is 1. The van der Waals surface area contributed by atoms with Gasteiger partial charge in [-0.2, -0.15) is 0 Å². The summed E-state index contributed by atoms with van der Waals surface area (Å²) in [6, 6.07) is 9.41. The molecule has 0 aliphatic carbocycles. The molecule has 0 unspecified atom stereocenters. The lowest BCUT2D eigenvalue weighted by atomic mass is 10.1. The highest BCUT2D eigenvalue weighted by Crippen LogP contribution is 2.25. The van der Waals surface area contributed by atoms with Crippen molar-refractivity contribution >= 4 is 28.8 Å². The van der Waals surface area contributed by atoms with Gasteiger partial charge in [0.15, 0.2) is 11.5 Å². The maximum absolute atomic E-state index is 12.7. The second-order valence-corrected chi connectivity index (χ2v) is 8.49. The van der Waals surface area contributed by atoms with Crippen LogP contribution in [0.2, 0.25) is 0 Å². The molecule has 1 saturated heterocycles. The van der Waals surface area contributed by atoms with Crippen LogP contribution in [0.15, 0.2) is 54.3 Å². The summed E-state index contributed by atoms with van der Waals surface area (Å²) < 4.78 is 1.91. The molecule has 0 aromatic carbocycles. The monoisotopic (exact) mass is 434 g/mol. The molecule has 1 amide bonds. The van der Waals surface area contributed by atoms with E-state index in [1.807, 2.05) is 40.2 Å². The molecule has 0 bridgehead atoms. The molecule has 1 aliphatic heterocycles. The van der Waals surface area contributed by atoms with Crippen LogP contribution >= 0.6 is 11.3 Å². The number of aromatic nitrogens is 5. The first-order chi connectivity index (χ1) is 15.2. The van der Waals surface area contributed by atoms with Gasteiger partial charge in [0.2, 0.25) is 5.95 Å². The van der Waals surface area contributed by atoms with Crippen LogP contribution in [0.25, 0.3) is 5.65 Å². The molecule has 9 nitrogen and oxygen atoms in total. The van der Waals surface area contributed by atoms with Crippen molar-refractivity contribution in [1.82, 2.24) is 34.8 Å². The molecule has 0 radical (unpaired) electrons. The lowest BCUT2D eigenvalue weighted by molar-refractivity contribution is 0.0951. The summed E-state index contributed by atoms with van der Waals surface area (Å²) >= 11 is 1.62. The fourth-order valence-electron chi connectivity index (χ4n) is 3.74. The van der Waals surface area contributed by atoms with Crippen LogP contribution in [-0.2, 0) is 6.54 Å². The first-order valence-corrected chi connectivity index (χ1v) is 10.9. The zero-order valence-corrected chi connectivity index (χ0v) is 17.9. The number of fused-ring (bicyclic) bond motifs is 1. The second kappa shape index (κ2) is 8.40. The maximum atomic E-state index is 12.7. The Bertz CT molecular complexity index is 1180. The Morgan fingerprint density at radius 1 is 1.16 bits per heavy atom. The minimum Gasteiger partial charge on any atom is -0.347 e. The summed E-state index contributed by atoms with van der Waals surface area (Å²) in [4.78, 5) is 27.0. The second-order valence-electron chi connectivity index (χ2n) is 7.46. The van der Waals surface area contributed by atoms with E-state index in [1.165, 1.54) is 0 Å². The van der Waals surface area contributed by atoms with E-state index in [9.17, 15) is 4.79 Å². The SMILES string of the molecule is CN1CCN(c2ncccn2)C[C@@H]1c1nnc2ccc(C(=O)NCc3cccs3)cn12. The number of hydrogen-bond acceptors (Lipinski definition) is 8. The number of nitrogens with zero attached hydrogens (tertiary/aromatic N) is 7. The van der Waals surface area contributed by atoms with E-state index in [0.29, 0.717) is 30.2 Å². The van der Waals surface area contributed by atoms with Crippen molar-refractivity contribution in [3.63, 3.8) is 0 Å². The van der Waals surface area contributed by atoms with Crippen LogP contribution in [0.5, 0.6) is 0 Å². The molecule has 1 fully saturated rings. The molecule has 5 rings (SSSR count). The van der Waals surface area contributed by atoms with Crippen molar-refractivity contribution in [2.75, 3.05) is 31.6 Å². The highest BCUT2D eigenvalue weighted by atomic mass is 32.1. The summed E-state index contributed by atoms with van der Waals surface area (Å²) in [7, 11) is 2.08. The van der Waals surface area contributed by atoms with Gasteiger partial charge in [-0.1, -0.05) is 6.07 Å². The molecule has 1 aliphatic rings. The summed E-state index contributed by atoms with van der Waals surface area (Å²) in [5.41, 5.74) is 1.29. The van der Waals surface area contributed by atoms with Gasteiger partial charge >= 0.3 is 0 Å². The van der Waals surface area contributed by atoms with Gasteiger partial charge in [-0.3, -0.25) is 14.1 Å². The highest BCUT2D eigenvalue weighted by molar-refractivity contribution is 7.09. The molecule has 5 heterocycles. The number of pyridine rings is 1. The maximum Gasteiger partial charge on any atom is 0.253 e. The molecule has 4 aromatic rings. The van der Waals surface area contributed by atoms with E-state index in [-0.39, 0.29) is 11.9 Å². The summed E-state index contributed by atoms with van der Waals surface area (Å²) in [5.74, 6) is 1.39. The van der Waals surface area contributed by atoms with Gasteiger partial charge in [-0.15, -0.1) is 21.5 Å². The Hall–Kier alpha value is -3.37. The molecule has 4 aromatic heterocycles. The smallest absolute Gasteiger partial charge is 0.253 e. The number of likely N-dealkylation sites (N-methyl/N-ethyl adjacent to an activating group) is 1. The van der Waals surface area contributed by atoms with Gasteiger partial charge in [0.25, 0.3) is 5.91 Å². The van der Waals surface area contributed by atoms with Crippen LogP contribution in [0.4, 0.5) is 5.95 Å². The number of piperazine rings is 1.